The Kier molecular flexibility index (Phi) is 4.17. The van der Waals surface area contributed by atoms with Gasteiger partial charge in [0.15, 0.2) is 0 Å². The number of carbonyl (C=O) groups is 1. The Morgan fingerprint density at radius 2 is 1.84 bits per heavy atom. The summed E-state index contributed by atoms with van der Waals surface area (Å²) in [6.45, 7) is 0.669. The summed E-state index contributed by atoms with van der Waals surface area (Å²) in [6, 6.07) is 19.7. The van der Waals surface area contributed by atoms with Gasteiger partial charge in [-0.1, -0.05) is 41.9 Å². The van der Waals surface area contributed by atoms with Crippen LogP contribution in [-0.4, -0.2) is 10.5 Å². The zero-order valence-electron chi connectivity index (χ0n) is 13.2. The molecule has 1 heterocycles. The molecule has 5 heteroatoms. The van der Waals surface area contributed by atoms with Crippen LogP contribution in [0.4, 0.5) is 0 Å². The van der Waals surface area contributed by atoms with Crippen molar-refractivity contribution in [3.05, 3.63) is 80.4 Å². The van der Waals surface area contributed by atoms with Crippen LogP contribution in [0.2, 0.25) is 5.02 Å². The summed E-state index contributed by atoms with van der Waals surface area (Å²) in [6.07, 6.45) is 0. The Balaban J connectivity index is 2.08. The largest absolute Gasteiger partial charge is 0.366 e. The Bertz CT molecular complexity index is 1130. The topological polar surface area (TPSA) is 48.0 Å². The van der Waals surface area contributed by atoms with E-state index in [9.17, 15) is 4.79 Å². The number of fused-ring (bicyclic) bond motifs is 3. The van der Waals surface area contributed by atoms with Gasteiger partial charge >= 0.3 is 0 Å². The van der Waals surface area contributed by atoms with E-state index in [1.807, 2.05) is 36.4 Å². The number of amides is 1. The average molecular weight is 461 g/mol. The predicted molar refractivity (Wildman–Crippen MR) is 111 cm³/mol. The van der Waals surface area contributed by atoms with E-state index in [0.29, 0.717) is 17.1 Å². The second-order valence-electron chi connectivity index (χ2n) is 5.92. The molecule has 0 spiro atoms. The molecule has 3 nitrogen and oxygen atoms in total. The van der Waals surface area contributed by atoms with Gasteiger partial charge in [-0.3, -0.25) is 4.79 Å². The maximum absolute atomic E-state index is 11.9. The number of halogens is 2. The van der Waals surface area contributed by atoms with Crippen molar-refractivity contribution in [2.24, 2.45) is 5.73 Å². The summed E-state index contributed by atoms with van der Waals surface area (Å²) in [5, 5.41) is 2.47. The van der Waals surface area contributed by atoms with Crippen LogP contribution in [0.15, 0.2) is 60.7 Å². The minimum absolute atomic E-state index is 0.432. The first-order valence-electron chi connectivity index (χ1n) is 7.80. The van der Waals surface area contributed by atoms with Gasteiger partial charge in [-0.2, -0.15) is 0 Å². The summed E-state index contributed by atoms with van der Waals surface area (Å²) >= 11 is 8.83. The minimum atomic E-state index is -0.432. The highest BCUT2D eigenvalue weighted by molar-refractivity contribution is 14.1. The molecule has 0 unspecified atom stereocenters. The molecular formula is C20H14ClIN2O. The monoisotopic (exact) mass is 460 g/mol. The highest BCUT2D eigenvalue weighted by atomic mass is 127. The summed E-state index contributed by atoms with van der Waals surface area (Å²) in [5.41, 5.74) is 9.18. The van der Waals surface area contributed by atoms with E-state index in [-0.39, 0.29) is 0 Å². The smallest absolute Gasteiger partial charge is 0.249 e. The van der Waals surface area contributed by atoms with Crippen LogP contribution in [0.3, 0.4) is 0 Å². The van der Waals surface area contributed by atoms with Gasteiger partial charge < -0.3 is 10.3 Å². The second-order valence-corrected chi connectivity index (χ2v) is 7.57. The molecule has 0 saturated carbocycles. The Morgan fingerprint density at radius 3 is 2.60 bits per heavy atom. The van der Waals surface area contributed by atoms with Crippen molar-refractivity contribution >= 4 is 61.9 Å². The quantitative estimate of drug-likeness (QED) is 0.420. The summed E-state index contributed by atoms with van der Waals surface area (Å²) in [5.74, 6) is -0.432. The lowest BCUT2D eigenvalue weighted by Crippen LogP contribution is -2.11. The number of aromatic nitrogens is 1. The Hall–Kier alpha value is -2.05. The fourth-order valence-electron chi connectivity index (χ4n) is 3.35. The van der Waals surface area contributed by atoms with Gasteiger partial charge in [-0.05, 0) is 58.5 Å². The number of para-hydroxylation sites is 1. The van der Waals surface area contributed by atoms with E-state index in [1.54, 1.807) is 6.07 Å². The number of hydrogen-bond donors (Lipinski definition) is 1. The number of nitrogens with zero attached hydrogens (tertiary/aromatic N) is 1. The first-order valence-corrected chi connectivity index (χ1v) is 9.25. The lowest BCUT2D eigenvalue weighted by Gasteiger charge is -2.09. The number of nitrogens with two attached hydrogens (primary N) is 1. The molecule has 0 fully saturated rings. The summed E-state index contributed by atoms with van der Waals surface area (Å²) in [4.78, 5) is 11.9. The maximum Gasteiger partial charge on any atom is 0.249 e. The van der Waals surface area contributed by atoms with Crippen molar-refractivity contribution in [3.8, 4) is 0 Å². The molecule has 25 heavy (non-hydrogen) atoms. The van der Waals surface area contributed by atoms with Gasteiger partial charge in [-0.15, -0.1) is 0 Å². The number of primary amides is 1. The van der Waals surface area contributed by atoms with Crippen molar-refractivity contribution in [2.75, 3.05) is 0 Å². The van der Waals surface area contributed by atoms with Gasteiger partial charge in [0.05, 0.1) is 16.1 Å². The van der Waals surface area contributed by atoms with Crippen LogP contribution in [0.1, 0.15) is 15.9 Å². The van der Waals surface area contributed by atoms with Crippen LogP contribution >= 0.6 is 34.2 Å². The van der Waals surface area contributed by atoms with Crippen LogP contribution in [0.25, 0.3) is 21.8 Å². The standard InChI is InChI=1S/C20H14ClIN2O/c21-16-8-2-6-14-18-15(20(23)25)7-3-9-17(18)24(19(14)16)11-12-4-1-5-13(22)10-12/h1-10H,11H2,(H2,23,25). The number of rotatable bonds is 3. The number of benzene rings is 3. The SMILES string of the molecule is NC(=O)c1cccc2c1c1cccc(Cl)c1n2Cc1cccc(I)c1. The predicted octanol–water partition coefficient (Wildman–Crippen LogP) is 5.20. The fourth-order valence-corrected chi connectivity index (χ4v) is 4.23. The zero-order valence-corrected chi connectivity index (χ0v) is 16.1. The summed E-state index contributed by atoms with van der Waals surface area (Å²) in [7, 11) is 0. The third-order valence-electron chi connectivity index (χ3n) is 4.35. The highest BCUT2D eigenvalue weighted by Crippen LogP contribution is 2.35. The normalized spacial score (nSPS) is 11.3. The minimum Gasteiger partial charge on any atom is -0.366 e. The molecule has 124 valence electrons. The van der Waals surface area contributed by atoms with E-state index < -0.39 is 5.91 Å². The molecule has 1 aromatic heterocycles. The van der Waals surface area contributed by atoms with Crippen molar-refractivity contribution in [1.29, 1.82) is 0 Å². The number of carbonyl (C=O) groups excluding carboxylic acids is 1. The van der Waals surface area contributed by atoms with Gasteiger partial charge in [-0.25, -0.2) is 0 Å². The first kappa shape index (κ1) is 16.4. The van der Waals surface area contributed by atoms with E-state index in [4.69, 9.17) is 17.3 Å². The summed E-state index contributed by atoms with van der Waals surface area (Å²) < 4.78 is 3.34. The molecule has 1 amide bonds. The molecule has 3 aromatic carbocycles. The van der Waals surface area contributed by atoms with E-state index >= 15 is 0 Å². The van der Waals surface area contributed by atoms with Gasteiger partial charge in [0.2, 0.25) is 5.91 Å². The zero-order chi connectivity index (χ0) is 17.6. The van der Waals surface area contributed by atoms with E-state index in [0.717, 1.165) is 21.8 Å². The highest BCUT2D eigenvalue weighted by Gasteiger charge is 2.18. The molecule has 0 aliphatic heterocycles. The average Bonchev–Trinajstić information content (AvgIpc) is 2.90. The molecule has 0 aliphatic rings. The van der Waals surface area contributed by atoms with Gasteiger partial charge in [0.25, 0.3) is 0 Å². The Morgan fingerprint density at radius 1 is 1.08 bits per heavy atom. The third kappa shape index (κ3) is 2.79. The molecule has 0 saturated heterocycles. The van der Waals surface area contributed by atoms with Crippen LogP contribution in [-0.2, 0) is 6.54 Å². The van der Waals surface area contributed by atoms with Crippen LogP contribution in [0, 0.1) is 3.57 Å². The van der Waals surface area contributed by atoms with Crippen LogP contribution in [0.5, 0.6) is 0 Å². The van der Waals surface area contributed by atoms with Crippen LogP contribution < -0.4 is 5.73 Å². The number of hydrogen-bond acceptors (Lipinski definition) is 1. The molecule has 0 radical (unpaired) electrons. The molecule has 2 N–H and O–H groups in total. The third-order valence-corrected chi connectivity index (χ3v) is 5.33. The Labute approximate surface area is 163 Å². The lowest BCUT2D eigenvalue weighted by atomic mass is 10.1. The van der Waals surface area contributed by atoms with Gasteiger partial charge in [0.1, 0.15) is 0 Å². The molecule has 4 rings (SSSR count). The van der Waals surface area contributed by atoms with Crippen molar-refractivity contribution in [3.63, 3.8) is 0 Å². The molecule has 4 aromatic rings. The molecule has 0 aliphatic carbocycles. The van der Waals surface area contributed by atoms with E-state index in [1.165, 1.54) is 9.13 Å². The van der Waals surface area contributed by atoms with Crippen molar-refractivity contribution in [1.82, 2.24) is 4.57 Å². The van der Waals surface area contributed by atoms with Crippen molar-refractivity contribution < 1.29 is 4.79 Å². The van der Waals surface area contributed by atoms with Crippen molar-refractivity contribution in [2.45, 2.75) is 6.54 Å². The van der Waals surface area contributed by atoms with E-state index in [2.05, 4.69) is 45.4 Å². The first-order chi connectivity index (χ1) is 12.1. The van der Waals surface area contributed by atoms with Gasteiger partial charge in [0, 0.05) is 26.5 Å². The fraction of sp³-hybridized carbons (Fsp3) is 0.0500. The molecule has 0 atom stereocenters. The maximum atomic E-state index is 11.9. The molecule has 0 bridgehead atoms. The second kappa shape index (κ2) is 6.35. The molecular weight excluding hydrogens is 447 g/mol. The lowest BCUT2D eigenvalue weighted by molar-refractivity contribution is 0.100.